The van der Waals surface area contributed by atoms with Crippen LogP contribution in [0.4, 0.5) is 0 Å². The number of nitrogens with zero attached hydrogens (tertiary/aromatic N) is 2. The third-order valence-corrected chi connectivity index (χ3v) is 14.9. The molecule has 1 aliphatic rings. The molecule has 12 aromatic rings. The number of fused-ring (bicyclic) bond motifs is 6. The van der Waals surface area contributed by atoms with Gasteiger partial charge < -0.3 is 0 Å². The Morgan fingerprint density at radius 3 is 1.53 bits per heavy atom. The molecule has 2 aromatic heterocycles. The highest BCUT2D eigenvalue weighted by Gasteiger charge is 2.46. The van der Waals surface area contributed by atoms with Gasteiger partial charge in [-0.05, 0) is 121 Å². The number of benzene rings is 10. The van der Waals surface area contributed by atoms with E-state index in [2.05, 4.69) is 249 Å². The first-order valence-corrected chi connectivity index (χ1v) is 24.0. The van der Waals surface area contributed by atoms with Crippen molar-refractivity contribution in [1.29, 1.82) is 0 Å². The Hall–Kier alpha value is -8.50. The number of hydrogen-bond acceptors (Lipinski definition) is 3. The quantitative estimate of drug-likeness (QED) is 0.152. The Bertz CT molecular complexity index is 3800. The summed E-state index contributed by atoms with van der Waals surface area (Å²) in [6.45, 7) is 0. The molecule has 0 N–H and O–H groups in total. The highest BCUT2D eigenvalue weighted by Crippen LogP contribution is 2.57. The van der Waals surface area contributed by atoms with E-state index >= 15 is 0 Å². The van der Waals surface area contributed by atoms with E-state index in [4.69, 9.17) is 9.97 Å². The Kier molecular flexibility index (Phi) is 9.62. The van der Waals surface area contributed by atoms with Crippen LogP contribution in [-0.4, -0.2) is 9.97 Å². The third-order valence-electron chi connectivity index (χ3n) is 13.8. The molecule has 0 aliphatic heterocycles. The van der Waals surface area contributed by atoms with Crippen LogP contribution >= 0.6 is 11.3 Å². The van der Waals surface area contributed by atoms with Gasteiger partial charge in [0, 0.05) is 36.9 Å². The van der Waals surface area contributed by atoms with Gasteiger partial charge in [-0.25, -0.2) is 9.97 Å². The first kappa shape index (κ1) is 39.8. The normalized spacial score (nSPS) is 12.5. The Labute approximate surface area is 400 Å². The van der Waals surface area contributed by atoms with Crippen LogP contribution in [0.25, 0.3) is 98.6 Å². The SMILES string of the molecule is c1ccc(-c2cc(-c3ccc4c(c3)C(c3ccccc3)(c3ccccc3)c3ccccc3-4)cc(-c3cc(-c4cccc(-c5ccc6sc7ccccc7c6c5)c4)nc(-c4ccccc4)n3)c2)cc1. The van der Waals surface area contributed by atoms with Crippen LogP contribution in [0.2, 0.25) is 0 Å². The topological polar surface area (TPSA) is 25.8 Å². The zero-order chi connectivity index (χ0) is 45.0. The summed E-state index contributed by atoms with van der Waals surface area (Å²) in [5, 5.41) is 2.59. The van der Waals surface area contributed by atoms with E-state index < -0.39 is 5.41 Å². The lowest BCUT2D eigenvalue weighted by Gasteiger charge is -2.34. The molecule has 0 atom stereocenters. The van der Waals surface area contributed by atoms with Crippen molar-refractivity contribution < 1.29 is 0 Å². The third kappa shape index (κ3) is 6.70. The van der Waals surface area contributed by atoms with E-state index in [9.17, 15) is 0 Å². The van der Waals surface area contributed by atoms with Gasteiger partial charge in [0.1, 0.15) is 0 Å². The Balaban J connectivity index is 0.994. The molecular weight excluding hydrogens is 841 g/mol. The fraction of sp³-hybridized carbons (Fsp3) is 0.0154. The Morgan fingerprint density at radius 1 is 0.279 bits per heavy atom. The molecule has 318 valence electrons. The smallest absolute Gasteiger partial charge is 0.160 e. The summed E-state index contributed by atoms with van der Waals surface area (Å²) < 4.78 is 2.61. The van der Waals surface area contributed by atoms with Gasteiger partial charge >= 0.3 is 0 Å². The van der Waals surface area contributed by atoms with Crippen molar-refractivity contribution in [3.63, 3.8) is 0 Å². The zero-order valence-electron chi connectivity index (χ0n) is 37.1. The predicted octanol–water partition coefficient (Wildman–Crippen LogP) is 17.2. The minimum absolute atomic E-state index is 0.506. The van der Waals surface area contributed by atoms with Crippen molar-refractivity contribution in [3.8, 4) is 78.4 Å². The molecule has 0 radical (unpaired) electrons. The van der Waals surface area contributed by atoms with Crippen LogP contribution in [0.5, 0.6) is 0 Å². The maximum Gasteiger partial charge on any atom is 0.160 e. The van der Waals surface area contributed by atoms with E-state index in [0.29, 0.717) is 5.82 Å². The molecule has 3 heteroatoms. The Morgan fingerprint density at radius 2 is 0.779 bits per heavy atom. The predicted molar refractivity (Wildman–Crippen MR) is 285 cm³/mol. The fourth-order valence-corrected chi connectivity index (χ4v) is 11.7. The van der Waals surface area contributed by atoms with Crippen LogP contribution in [0.1, 0.15) is 22.3 Å². The minimum Gasteiger partial charge on any atom is -0.228 e. The first-order valence-electron chi connectivity index (χ1n) is 23.2. The maximum absolute atomic E-state index is 5.38. The molecule has 68 heavy (non-hydrogen) atoms. The van der Waals surface area contributed by atoms with Crippen LogP contribution in [0, 0.1) is 0 Å². The summed E-state index contributed by atoms with van der Waals surface area (Å²) in [5.41, 5.74) is 18.7. The largest absolute Gasteiger partial charge is 0.228 e. The van der Waals surface area contributed by atoms with Crippen LogP contribution in [0.3, 0.4) is 0 Å². The molecule has 0 spiro atoms. The summed E-state index contributed by atoms with van der Waals surface area (Å²) in [6, 6.07) is 92.6. The van der Waals surface area contributed by atoms with E-state index in [1.165, 1.54) is 59.1 Å². The highest BCUT2D eigenvalue weighted by molar-refractivity contribution is 7.25. The zero-order valence-corrected chi connectivity index (χ0v) is 37.9. The van der Waals surface area contributed by atoms with Crippen LogP contribution < -0.4 is 0 Å². The van der Waals surface area contributed by atoms with Crippen molar-refractivity contribution in [3.05, 3.63) is 277 Å². The molecular formula is C65H42N2S. The van der Waals surface area contributed by atoms with Crippen molar-refractivity contribution in [2.24, 2.45) is 0 Å². The molecule has 0 saturated carbocycles. The second-order valence-corrected chi connectivity index (χ2v) is 18.8. The molecule has 0 amide bonds. The van der Waals surface area contributed by atoms with Crippen LogP contribution in [-0.2, 0) is 5.41 Å². The number of aromatic nitrogens is 2. The highest BCUT2D eigenvalue weighted by atomic mass is 32.1. The number of rotatable bonds is 8. The molecule has 13 rings (SSSR count). The van der Waals surface area contributed by atoms with Gasteiger partial charge in [0.25, 0.3) is 0 Å². The monoisotopic (exact) mass is 882 g/mol. The molecule has 10 aromatic carbocycles. The molecule has 0 bridgehead atoms. The van der Waals surface area contributed by atoms with Crippen molar-refractivity contribution in [1.82, 2.24) is 9.97 Å². The van der Waals surface area contributed by atoms with Crippen molar-refractivity contribution in [2.75, 3.05) is 0 Å². The second kappa shape index (κ2) is 16.4. The lowest BCUT2D eigenvalue weighted by Crippen LogP contribution is -2.28. The molecule has 2 nitrogen and oxygen atoms in total. The van der Waals surface area contributed by atoms with E-state index in [0.717, 1.165) is 55.9 Å². The lowest BCUT2D eigenvalue weighted by molar-refractivity contribution is 0.769. The maximum atomic E-state index is 5.38. The summed E-state index contributed by atoms with van der Waals surface area (Å²) in [5.74, 6) is 0.687. The molecule has 1 aliphatic carbocycles. The summed E-state index contributed by atoms with van der Waals surface area (Å²) in [7, 11) is 0. The van der Waals surface area contributed by atoms with Gasteiger partial charge in [-0.3, -0.25) is 0 Å². The molecule has 0 unspecified atom stereocenters. The molecule has 0 saturated heterocycles. The van der Waals surface area contributed by atoms with Gasteiger partial charge in [-0.15, -0.1) is 11.3 Å². The number of thiophene rings is 1. The van der Waals surface area contributed by atoms with E-state index in [1.54, 1.807) is 0 Å². The first-order chi connectivity index (χ1) is 33.7. The van der Waals surface area contributed by atoms with E-state index in [1.807, 2.05) is 17.4 Å². The average Bonchev–Trinajstić information content (AvgIpc) is 3.95. The van der Waals surface area contributed by atoms with Gasteiger partial charge in [-0.1, -0.05) is 200 Å². The van der Waals surface area contributed by atoms with Crippen molar-refractivity contribution in [2.45, 2.75) is 5.41 Å². The van der Waals surface area contributed by atoms with Gasteiger partial charge in [-0.2, -0.15) is 0 Å². The number of hydrogen-bond donors (Lipinski definition) is 0. The second-order valence-electron chi connectivity index (χ2n) is 17.7. The summed E-state index contributed by atoms with van der Waals surface area (Å²) >= 11 is 1.85. The van der Waals surface area contributed by atoms with Crippen LogP contribution in [0.15, 0.2) is 255 Å². The minimum atomic E-state index is -0.506. The van der Waals surface area contributed by atoms with E-state index in [-0.39, 0.29) is 0 Å². The van der Waals surface area contributed by atoms with Gasteiger partial charge in [0.2, 0.25) is 0 Å². The summed E-state index contributed by atoms with van der Waals surface area (Å²) in [4.78, 5) is 10.7. The molecule has 0 fully saturated rings. The average molecular weight is 883 g/mol. The standard InChI is InChI=1S/C65H42N2S/c1-5-18-43(19-6-1)49-37-50(47-32-34-55-54-28-13-15-30-58(54)65(59(55)41-47,52-24-9-3-10-25-52)53-26-11-4-12-27-53)39-51(38-49)61-42-60(66-64(67-61)44-20-7-2-8-21-44)48-23-17-22-45(36-48)46-33-35-63-57(40-46)56-29-14-16-31-62(56)68-63/h1-42H. The fourth-order valence-electron chi connectivity index (χ4n) is 10.6. The summed E-state index contributed by atoms with van der Waals surface area (Å²) in [6.07, 6.45) is 0. The lowest BCUT2D eigenvalue weighted by atomic mass is 9.67. The molecule has 2 heterocycles. The van der Waals surface area contributed by atoms with Gasteiger partial charge in [0.15, 0.2) is 5.82 Å². The van der Waals surface area contributed by atoms with Gasteiger partial charge in [0.05, 0.1) is 16.8 Å². The van der Waals surface area contributed by atoms with Crippen molar-refractivity contribution >= 4 is 31.5 Å².